The summed E-state index contributed by atoms with van der Waals surface area (Å²) >= 11 is 0. The molecule has 23 heavy (non-hydrogen) atoms. The molecule has 0 radical (unpaired) electrons. The summed E-state index contributed by atoms with van der Waals surface area (Å²) in [6.45, 7) is 4.07. The van der Waals surface area contributed by atoms with E-state index in [-0.39, 0.29) is 0 Å². The molecule has 0 aliphatic carbocycles. The summed E-state index contributed by atoms with van der Waals surface area (Å²) < 4.78 is 57.8. The minimum atomic E-state index is -4.91. The Kier molecular flexibility index (Phi) is 8.01. The lowest BCUT2D eigenvalue weighted by Crippen LogP contribution is -2.54. The second-order valence-electron chi connectivity index (χ2n) is 4.66. The Labute approximate surface area is 131 Å². The van der Waals surface area contributed by atoms with E-state index in [1.165, 1.54) is 6.92 Å². The van der Waals surface area contributed by atoms with Crippen LogP contribution in [0.2, 0.25) is 0 Å². The molecule has 0 heterocycles. The molecule has 0 aromatic rings. The number of hydrogen-bond donors (Lipinski definition) is 0. The minimum absolute atomic E-state index is 0.760. The molecule has 0 N–H and O–H groups in total. The van der Waals surface area contributed by atoms with E-state index in [1.807, 2.05) is 0 Å². The molecular formula is C13H19F3O7. The monoisotopic (exact) mass is 344 g/mol. The van der Waals surface area contributed by atoms with Crippen LogP contribution in [-0.4, -0.2) is 55.6 Å². The van der Waals surface area contributed by atoms with E-state index in [4.69, 9.17) is 9.47 Å². The van der Waals surface area contributed by atoms with Gasteiger partial charge in [-0.05, 0) is 6.92 Å². The quantitative estimate of drug-likeness (QED) is 0.509. The highest BCUT2D eigenvalue weighted by Gasteiger charge is 2.52. The van der Waals surface area contributed by atoms with Crippen LogP contribution in [0.15, 0.2) is 0 Å². The van der Waals surface area contributed by atoms with Gasteiger partial charge in [-0.2, -0.15) is 13.2 Å². The van der Waals surface area contributed by atoms with Crippen molar-refractivity contribution in [3.63, 3.8) is 0 Å². The topological polar surface area (TPSA) is 88.1 Å². The van der Waals surface area contributed by atoms with Crippen LogP contribution in [0.1, 0.15) is 27.7 Å². The van der Waals surface area contributed by atoms with Crippen molar-refractivity contribution in [2.24, 2.45) is 0 Å². The van der Waals surface area contributed by atoms with E-state index in [0.717, 1.165) is 27.9 Å². The minimum Gasteiger partial charge on any atom is -0.459 e. The molecule has 0 aromatic carbocycles. The van der Waals surface area contributed by atoms with Gasteiger partial charge in [0.15, 0.2) is 18.3 Å². The molecule has 0 aromatic heterocycles. The second kappa shape index (κ2) is 8.70. The van der Waals surface area contributed by atoms with Gasteiger partial charge >= 0.3 is 24.1 Å². The molecule has 4 atom stereocenters. The van der Waals surface area contributed by atoms with Crippen molar-refractivity contribution in [3.05, 3.63) is 0 Å². The number of rotatable bonds is 7. The maximum absolute atomic E-state index is 13.1. The third-order valence-corrected chi connectivity index (χ3v) is 2.62. The Bertz CT molecular complexity index is 436. The van der Waals surface area contributed by atoms with Gasteiger partial charge in [-0.15, -0.1) is 0 Å². The van der Waals surface area contributed by atoms with E-state index in [0.29, 0.717) is 0 Å². The van der Waals surface area contributed by atoms with E-state index in [1.54, 1.807) is 0 Å². The fourth-order valence-electron chi connectivity index (χ4n) is 1.90. The van der Waals surface area contributed by atoms with Crippen LogP contribution in [0.25, 0.3) is 0 Å². The van der Waals surface area contributed by atoms with Crippen LogP contribution in [-0.2, 0) is 33.3 Å². The largest absolute Gasteiger partial charge is 0.459 e. The van der Waals surface area contributed by atoms with Crippen LogP contribution in [0.3, 0.4) is 0 Å². The summed E-state index contributed by atoms with van der Waals surface area (Å²) in [5.74, 6) is -2.80. The zero-order valence-electron chi connectivity index (χ0n) is 13.3. The van der Waals surface area contributed by atoms with Crippen LogP contribution in [0.5, 0.6) is 0 Å². The van der Waals surface area contributed by atoms with Crippen LogP contribution >= 0.6 is 0 Å². The zero-order valence-corrected chi connectivity index (χ0v) is 13.3. The van der Waals surface area contributed by atoms with Crippen LogP contribution in [0, 0.1) is 0 Å². The molecule has 0 amide bonds. The lowest BCUT2D eigenvalue weighted by atomic mass is 10.0. The van der Waals surface area contributed by atoms with Gasteiger partial charge in [-0.3, -0.25) is 14.4 Å². The fourth-order valence-corrected chi connectivity index (χ4v) is 1.90. The van der Waals surface area contributed by atoms with Crippen molar-refractivity contribution >= 4 is 17.9 Å². The van der Waals surface area contributed by atoms with E-state index in [9.17, 15) is 27.6 Å². The van der Waals surface area contributed by atoms with Gasteiger partial charge in [0.2, 0.25) is 0 Å². The standard InChI is InChI=1S/C13H19F3O7/c1-6(21-7(2)17)10(22-8(3)18)11(23-9(4)19)12(20-5)13(14,15)16/h6,10-12H,1-5H3. The molecule has 134 valence electrons. The number of methoxy groups -OCH3 is 1. The van der Waals surface area contributed by atoms with Gasteiger partial charge in [-0.25, -0.2) is 0 Å². The Morgan fingerprint density at radius 2 is 1.22 bits per heavy atom. The fraction of sp³-hybridized carbons (Fsp3) is 0.769. The molecule has 10 heteroatoms. The summed E-state index contributed by atoms with van der Waals surface area (Å²) in [4.78, 5) is 33.3. The smallest absolute Gasteiger partial charge is 0.418 e. The van der Waals surface area contributed by atoms with Gasteiger partial charge < -0.3 is 18.9 Å². The van der Waals surface area contributed by atoms with Crippen molar-refractivity contribution in [1.82, 2.24) is 0 Å². The SMILES string of the molecule is COC(C(OC(C)=O)C(OC(C)=O)C(C)OC(C)=O)C(F)(F)F. The molecule has 0 spiro atoms. The summed E-state index contributed by atoms with van der Waals surface area (Å²) in [7, 11) is 0.760. The molecule has 0 saturated heterocycles. The number of alkyl halides is 3. The molecule has 0 saturated carbocycles. The zero-order chi connectivity index (χ0) is 18.4. The van der Waals surface area contributed by atoms with Crippen molar-refractivity contribution in [1.29, 1.82) is 0 Å². The Morgan fingerprint density at radius 1 is 0.826 bits per heavy atom. The lowest BCUT2D eigenvalue weighted by molar-refractivity contribution is -0.262. The molecule has 4 unspecified atom stereocenters. The van der Waals surface area contributed by atoms with Crippen molar-refractivity contribution in [2.45, 2.75) is 58.3 Å². The Morgan fingerprint density at radius 3 is 1.52 bits per heavy atom. The van der Waals surface area contributed by atoms with Gasteiger partial charge in [-0.1, -0.05) is 0 Å². The Hall–Kier alpha value is -1.84. The molecule has 0 aliphatic heterocycles. The molecule has 0 aliphatic rings. The van der Waals surface area contributed by atoms with Gasteiger partial charge in [0.1, 0.15) is 6.10 Å². The first kappa shape index (κ1) is 21.2. The average Bonchev–Trinajstić information content (AvgIpc) is 2.32. The molecular weight excluding hydrogens is 325 g/mol. The summed E-state index contributed by atoms with van der Waals surface area (Å²) in [6.07, 6.45) is -12.5. The number of carbonyl (C=O) groups is 3. The predicted octanol–water partition coefficient (Wildman–Crippen LogP) is 1.38. The molecule has 0 bridgehead atoms. The highest BCUT2D eigenvalue weighted by Crippen LogP contribution is 2.30. The predicted molar refractivity (Wildman–Crippen MR) is 69.2 cm³/mol. The molecule has 0 rings (SSSR count). The summed E-state index contributed by atoms with van der Waals surface area (Å²) in [5.41, 5.74) is 0. The first-order valence-electron chi connectivity index (χ1n) is 6.51. The van der Waals surface area contributed by atoms with Crippen LogP contribution < -0.4 is 0 Å². The maximum Gasteiger partial charge on any atom is 0.418 e. The first-order chi connectivity index (χ1) is 10.4. The molecule has 7 nitrogen and oxygen atoms in total. The number of carbonyl (C=O) groups excluding carboxylic acids is 3. The van der Waals surface area contributed by atoms with Crippen LogP contribution in [0.4, 0.5) is 13.2 Å². The maximum atomic E-state index is 13.1. The van der Waals surface area contributed by atoms with Gasteiger partial charge in [0.05, 0.1) is 0 Å². The van der Waals surface area contributed by atoms with E-state index in [2.05, 4.69) is 9.47 Å². The third-order valence-electron chi connectivity index (χ3n) is 2.62. The first-order valence-corrected chi connectivity index (χ1v) is 6.51. The highest BCUT2D eigenvalue weighted by atomic mass is 19.4. The average molecular weight is 344 g/mol. The normalized spacial score (nSPS) is 16.7. The van der Waals surface area contributed by atoms with Crippen molar-refractivity contribution in [3.8, 4) is 0 Å². The number of esters is 3. The number of ether oxygens (including phenoxy) is 4. The summed E-state index contributed by atoms with van der Waals surface area (Å²) in [5, 5.41) is 0. The highest BCUT2D eigenvalue weighted by molar-refractivity contribution is 5.68. The molecule has 0 fully saturated rings. The number of halogens is 3. The van der Waals surface area contributed by atoms with Crippen molar-refractivity contribution in [2.75, 3.05) is 7.11 Å². The summed E-state index contributed by atoms with van der Waals surface area (Å²) in [6, 6.07) is 0. The Balaban J connectivity index is 5.73. The second-order valence-corrected chi connectivity index (χ2v) is 4.66. The van der Waals surface area contributed by atoms with E-state index < -0.39 is 48.5 Å². The third kappa shape index (κ3) is 7.31. The lowest BCUT2D eigenvalue weighted by Gasteiger charge is -2.34. The van der Waals surface area contributed by atoms with Crippen molar-refractivity contribution < 1.29 is 46.5 Å². The van der Waals surface area contributed by atoms with Gasteiger partial charge in [0.25, 0.3) is 0 Å². The van der Waals surface area contributed by atoms with Gasteiger partial charge in [0, 0.05) is 27.9 Å². The van der Waals surface area contributed by atoms with E-state index >= 15 is 0 Å². The number of hydrogen-bond acceptors (Lipinski definition) is 7.